The maximum absolute atomic E-state index is 13.0. The molecular formula is C16H23FN4O3. The summed E-state index contributed by atoms with van der Waals surface area (Å²) in [5, 5.41) is 7.70. The number of rotatable bonds is 8. The van der Waals surface area contributed by atoms with Crippen LogP contribution in [0, 0.1) is 5.82 Å². The molecule has 3 N–H and O–H groups in total. The van der Waals surface area contributed by atoms with E-state index in [0.29, 0.717) is 12.2 Å². The first-order chi connectivity index (χ1) is 11.3. The summed E-state index contributed by atoms with van der Waals surface area (Å²) in [6, 6.07) is 4.90. The third-order valence-corrected chi connectivity index (χ3v) is 3.06. The minimum absolute atomic E-state index is 0.0414. The van der Waals surface area contributed by atoms with Gasteiger partial charge in [0.1, 0.15) is 11.9 Å². The first-order valence-corrected chi connectivity index (χ1v) is 7.62. The zero-order valence-electron chi connectivity index (χ0n) is 14.1. The number of hydrogen-bond acceptors (Lipinski definition) is 4. The second-order valence-corrected chi connectivity index (χ2v) is 5.41. The van der Waals surface area contributed by atoms with E-state index in [1.807, 2.05) is 0 Å². The molecule has 1 aromatic rings. The van der Waals surface area contributed by atoms with Crippen molar-refractivity contribution in [1.82, 2.24) is 15.5 Å². The summed E-state index contributed by atoms with van der Waals surface area (Å²) in [5.74, 6) is -1.44. The van der Waals surface area contributed by atoms with E-state index in [1.165, 1.54) is 23.1 Å². The number of amides is 3. The minimum atomic E-state index is -0.646. The minimum Gasteiger partial charge on any atom is -0.355 e. The molecule has 24 heavy (non-hydrogen) atoms. The van der Waals surface area contributed by atoms with Crippen molar-refractivity contribution in [1.29, 1.82) is 0 Å². The Labute approximate surface area is 140 Å². The van der Waals surface area contributed by atoms with Gasteiger partial charge in [0.15, 0.2) is 0 Å². The van der Waals surface area contributed by atoms with Crippen molar-refractivity contribution in [3.05, 3.63) is 30.1 Å². The predicted octanol–water partition coefficient (Wildman–Crippen LogP) is 0.337. The lowest BCUT2D eigenvalue weighted by Crippen LogP contribution is -2.48. The van der Waals surface area contributed by atoms with Gasteiger partial charge in [0.25, 0.3) is 0 Å². The first kappa shape index (κ1) is 19.6. The van der Waals surface area contributed by atoms with Gasteiger partial charge in [-0.15, -0.1) is 0 Å². The Bertz CT molecular complexity index is 594. The van der Waals surface area contributed by atoms with Crippen LogP contribution < -0.4 is 16.0 Å². The summed E-state index contributed by atoms with van der Waals surface area (Å²) in [4.78, 5) is 36.7. The lowest BCUT2D eigenvalue weighted by atomic mass is 10.3. The van der Waals surface area contributed by atoms with Crippen LogP contribution >= 0.6 is 0 Å². The van der Waals surface area contributed by atoms with Gasteiger partial charge in [-0.25, -0.2) is 4.39 Å². The fourth-order valence-corrected chi connectivity index (χ4v) is 1.99. The number of likely N-dealkylation sites (N-methyl/N-ethyl adjacent to an activating group) is 2. The Morgan fingerprint density at radius 1 is 1.21 bits per heavy atom. The maximum Gasteiger partial charge on any atom is 0.242 e. The number of carbonyl (C=O) groups is 3. The summed E-state index contributed by atoms with van der Waals surface area (Å²) in [6.07, 6.45) is 0. The number of nitrogens with one attached hydrogen (secondary N) is 3. The Morgan fingerprint density at radius 3 is 2.50 bits per heavy atom. The number of nitrogens with zero attached hydrogens (tertiary/aromatic N) is 1. The largest absolute Gasteiger partial charge is 0.355 e. The average molecular weight is 338 g/mol. The third-order valence-electron chi connectivity index (χ3n) is 3.06. The van der Waals surface area contributed by atoms with Crippen molar-refractivity contribution in [3.63, 3.8) is 0 Å². The number of benzene rings is 1. The van der Waals surface area contributed by atoms with Crippen LogP contribution in [0.5, 0.6) is 0 Å². The Kier molecular flexibility index (Phi) is 7.84. The molecule has 0 saturated carbocycles. The first-order valence-electron chi connectivity index (χ1n) is 7.62. The highest BCUT2D eigenvalue weighted by molar-refractivity contribution is 5.93. The number of carbonyl (C=O) groups excluding carboxylic acids is 3. The van der Waals surface area contributed by atoms with Crippen LogP contribution in [0.3, 0.4) is 0 Å². The van der Waals surface area contributed by atoms with E-state index in [1.54, 1.807) is 27.0 Å². The van der Waals surface area contributed by atoms with Crippen molar-refractivity contribution >= 4 is 23.4 Å². The van der Waals surface area contributed by atoms with Crippen LogP contribution in [0.15, 0.2) is 24.3 Å². The SMILES string of the molecule is CCNC(=O)[C@@H](C)NC(=O)CN(C)CC(=O)Nc1cccc(F)c1. The van der Waals surface area contributed by atoms with E-state index in [4.69, 9.17) is 0 Å². The van der Waals surface area contributed by atoms with E-state index >= 15 is 0 Å². The van der Waals surface area contributed by atoms with E-state index in [2.05, 4.69) is 16.0 Å². The van der Waals surface area contributed by atoms with E-state index in [-0.39, 0.29) is 30.8 Å². The van der Waals surface area contributed by atoms with Crippen LogP contribution in [0.2, 0.25) is 0 Å². The molecule has 1 aromatic carbocycles. The van der Waals surface area contributed by atoms with Crippen molar-refractivity contribution in [2.45, 2.75) is 19.9 Å². The second-order valence-electron chi connectivity index (χ2n) is 5.41. The van der Waals surface area contributed by atoms with Crippen LogP contribution in [-0.4, -0.2) is 55.3 Å². The fraction of sp³-hybridized carbons (Fsp3) is 0.438. The smallest absolute Gasteiger partial charge is 0.242 e. The molecule has 8 heteroatoms. The molecule has 0 aliphatic rings. The zero-order chi connectivity index (χ0) is 18.1. The number of hydrogen-bond donors (Lipinski definition) is 3. The monoisotopic (exact) mass is 338 g/mol. The van der Waals surface area contributed by atoms with Gasteiger partial charge in [0.05, 0.1) is 13.1 Å². The Balaban J connectivity index is 2.39. The highest BCUT2D eigenvalue weighted by Gasteiger charge is 2.16. The van der Waals surface area contributed by atoms with Gasteiger partial charge < -0.3 is 16.0 Å². The summed E-state index contributed by atoms with van der Waals surface area (Å²) < 4.78 is 13.0. The summed E-state index contributed by atoms with van der Waals surface area (Å²) in [5.41, 5.74) is 0.350. The lowest BCUT2D eigenvalue weighted by molar-refractivity contribution is -0.129. The molecule has 0 spiro atoms. The molecule has 0 aliphatic heterocycles. The van der Waals surface area contributed by atoms with Crippen molar-refractivity contribution < 1.29 is 18.8 Å². The third kappa shape index (κ3) is 7.19. The van der Waals surface area contributed by atoms with Gasteiger partial charge in [0.2, 0.25) is 17.7 Å². The van der Waals surface area contributed by atoms with Crippen LogP contribution in [0.25, 0.3) is 0 Å². The predicted molar refractivity (Wildman–Crippen MR) is 88.8 cm³/mol. The van der Waals surface area contributed by atoms with E-state index < -0.39 is 11.9 Å². The van der Waals surface area contributed by atoms with E-state index in [0.717, 1.165) is 0 Å². The molecule has 1 rings (SSSR count). The second kappa shape index (κ2) is 9.61. The average Bonchev–Trinajstić information content (AvgIpc) is 2.46. The van der Waals surface area contributed by atoms with Gasteiger partial charge in [-0.1, -0.05) is 6.07 Å². The van der Waals surface area contributed by atoms with Crippen molar-refractivity contribution in [3.8, 4) is 0 Å². The van der Waals surface area contributed by atoms with Gasteiger partial charge >= 0.3 is 0 Å². The maximum atomic E-state index is 13.0. The summed E-state index contributed by atoms with van der Waals surface area (Å²) >= 11 is 0. The molecule has 1 atom stereocenters. The highest BCUT2D eigenvalue weighted by Crippen LogP contribution is 2.08. The van der Waals surface area contributed by atoms with Crippen molar-refractivity contribution in [2.75, 3.05) is 32.0 Å². The molecule has 0 fully saturated rings. The molecule has 0 bridgehead atoms. The normalized spacial score (nSPS) is 11.7. The highest BCUT2D eigenvalue weighted by atomic mass is 19.1. The molecule has 7 nitrogen and oxygen atoms in total. The molecule has 0 aliphatic carbocycles. The van der Waals surface area contributed by atoms with Crippen molar-refractivity contribution in [2.24, 2.45) is 0 Å². The Hall–Kier alpha value is -2.48. The topological polar surface area (TPSA) is 90.5 Å². The molecule has 0 radical (unpaired) electrons. The molecule has 132 valence electrons. The molecule has 3 amide bonds. The zero-order valence-corrected chi connectivity index (χ0v) is 14.1. The molecule has 0 saturated heterocycles. The van der Waals surface area contributed by atoms with Gasteiger partial charge in [-0.05, 0) is 39.1 Å². The van der Waals surface area contributed by atoms with Gasteiger partial charge in [0, 0.05) is 12.2 Å². The molecular weight excluding hydrogens is 315 g/mol. The van der Waals surface area contributed by atoms with Crippen LogP contribution in [-0.2, 0) is 14.4 Å². The number of anilines is 1. The summed E-state index contributed by atoms with van der Waals surface area (Å²) in [6.45, 7) is 3.77. The van der Waals surface area contributed by atoms with Crippen LogP contribution in [0.4, 0.5) is 10.1 Å². The standard InChI is InChI=1S/C16H23FN4O3/c1-4-18-16(24)11(2)19-14(22)9-21(3)10-15(23)20-13-7-5-6-12(17)8-13/h5-8,11H,4,9-10H2,1-3H3,(H,18,24)(H,19,22)(H,20,23)/t11-/m1/s1. The van der Waals surface area contributed by atoms with Gasteiger partial charge in [-0.3, -0.25) is 19.3 Å². The fourth-order valence-electron chi connectivity index (χ4n) is 1.99. The summed E-state index contributed by atoms with van der Waals surface area (Å²) in [7, 11) is 1.60. The lowest BCUT2D eigenvalue weighted by Gasteiger charge is -2.18. The van der Waals surface area contributed by atoms with Crippen LogP contribution in [0.1, 0.15) is 13.8 Å². The quantitative estimate of drug-likeness (QED) is 0.637. The Morgan fingerprint density at radius 2 is 1.88 bits per heavy atom. The molecule has 0 aromatic heterocycles. The van der Waals surface area contributed by atoms with E-state index in [9.17, 15) is 18.8 Å². The molecule has 0 unspecified atom stereocenters. The number of halogens is 1. The van der Waals surface area contributed by atoms with Gasteiger partial charge in [-0.2, -0.15) is 0 Å². The molecule has 0 heterocycles.